The van der Waals surface area contributed by atoms with Crippen LogP contribution in [-0.4, -0.2) is 6.26 Å². The lowest BCUT2D eigenvalue weighted by molar-refractivity contribution is 1.46. The SMILES string of the molecule is CSc1ccc(-c2cccc(C=C(C#N)C#N)c2)cc1. The van der Waals surface area contributed by atoms with Crippen molar-refractivity contribution in [3.05, 3.63) is 59.7 Å². The van der Waals surface area contributed by atoms with Crippen molar-refractivity contribution in [2.45, 2.75) is 4.90 Å². The van der Waals surface area contributed by atoms with Gasteiger partial charge in [0.05, 0.1) is 0 Å². The molecule has 0 saturated carbocycles. The zero-order chi connectivity index (χ0) is 14.4. The van der Waals surface area contributed by atoms with Crippen LogP contribution in [-0.2, 0) is 0 Å². The van der Waals surface area contributed by atoms with Gasteiger partial charge in [-0.25, -0.2) is 0 Å². The Morgan fingerprint density at radius 3 is 2.30 bits per heavy atom. The molecule has 0 aliphatic rings. The van der Waals surface area contributed by atoms with Crippen molar-refractivity contribution >= 4 is 17.8 Å². The van der Waals surface area contributed by atoms with E-state index in [0.717, 1.165) is 16.7 Å². The molecule has 0 aliphatic heterocycles. The molecular formula is C17H12N2S. The van der Waals surface area contributed by atoms with E-state index in [4.69, 9.17) is 10.5 Å². The van der Waals surface area contributed by atoms with Crippen LogP contribution in [0.15, 0.2) is 59.0 Å². The number of nitrogens with zero attached hydrogens (tertiary/aromatic N) is 2. The van der Waals surface area contributed by atoms with Gasteiger partial charge in [-0.05, 0) is 47.2 Å². The highest BCUT2D eigenvalue weighted by Gasteiger charge is 2.00. The lowest BCUT2D eigenvalue weighted by Gasteiger charge is -2.04. The molecule has 20 heavy (non-hydrogen) atoms. The second-order valence-corrected chi connectivity index (χ2v) is 5.02. The van der Waals surface area contributed by atoms with Crippen molar-refractivity contribution in [1.82, 2.24) is 0 Å². The number of nitriles is 2. The highest BCUT2D eigenvalue weighted by atomic mass is 32.2. The van der Waals surface area contributed by atoms with Crippen molar-refractivity contribution in [1.29, 1.82) is 10.5 Å². The Hall–Kier alpha value is -2.49. The van der Waals surface area contributed by atoms with Gasteiger partial charge in [0.2, 0.25) is 0 Å². The van der Waals surface area contributed by atoms with Gasteiger partial charge in [0, 0.05) is 4.90 Å². The maximum atomic E-state index is 8.79. The van der Waals surface area contributed by atoms with Gasteiger partial charge in [0.1, 0.15) is 17.7 Å². The molecule has 0 heterocycles. The summed E-state index contributed by atoms with van der Waals surface area (Å²) in [6.45, 7) is 0. The molecule has 0 bridgehead atoms. The third-order valence-electron chi connectivity index (χ3n) is 2.86. The van der Waals surface area contributed by atoms with Crippen LogP contribution in [0.3, 0.4) is 0 Å². The smallest absolute Gasteiger partial charge is 0.130 e. The van der Waals surface area contributed by atoms with Crippen LogP contribution in [0.25, 0.3) is 17.2 Å². The summed E-state index contributed by atoms with van der Waals surface area (Å²) in [5, 5.41) is 17.6. The van der Waals surface area contributed by atoms with Crippen molar-refractivity contribution < 1.29 is 0 Å². The summed E-state index contributed by atoms with van der Waals surface area (Å²) < 4.78 is 0. The van der Waals surface area contributed by atoms with Gasteiger partial charge in [0.25, 0.3) is 0 Å². The topological polar surface area (TPSA) is 47.6 Å². The summed E-state index contributed by atoms with van der Waals surface area (Å²) in [5.41, 5.74) is 3.16. The molecule has 0 radical (unpaired) electrons. The van der Waals surface area contributed by atoms with Crippen LogP contribution in [0, 0.1) is 22.7 Å². The van der Waals surface area contributed by atoms with Crippen LogP contribution < -0.4 is 0 Å². The first-order chi connectivity index (χ1) is 9.76. The molecule has 0 saturated heterocycles. The number of thioether (sulfide) groups is 1. The molecule has 2 rings (SSSR count). The van der Waals surface area contributed by atoms with E-state index in [-0.39, 0.29) is 5.57 Å². The van der Waals surface area contributed by atoms with Gasteiger partial charge < -0.3 is 0 Å². The van der Waals surface area contributed by atoms with Gasteiger partial charge in [-0.15, -0.1) is 11.8 Å². The standard InChI is InChI=1S/C17H12N2S/c1-20-17-7-5-15(6-8-17)16-4-2-3-13(10-16)9-14(11-18)12-19/h2-10H,1H3. The minimum atomic E-state index is 0.111. The summed E-state index contributed by atoms with van der Waals surface area (Å²) in [7, 11) is 0. The Morgan fingerprint density at radius 1 is 1.00 bits per heavy atom. The fraction of sp³-hybridized carbons (Fsp3) is 0.0588. The Balaban J connectivity index is 2.37. The number of rotatable bonds is 3. The Morgan fingerprint density at radius 2 is 1.70 bits per heavy atom. The zero-order valence-electron chi connectivity index (χ0n) is 11.0. The molecule has 3 heteroatoms. The first-order valence-corrected chi connectivity index (χ1v) is 7.25. The summed E-state index contributed by atoms with van der Waals surface area (Å²) in [6, 6.07) is 19.9. The van der Waals surface area contributed by atoms with E-state index >= 15 is 0 Å². The second-order valence-electron chi connectivity index (χ2n) is 4.14. The van der Waals surface area contributed by atoms with E-state index < -0.39 is 0 Å². The van der Waals surface area contributed by atoms with E-state index in [1.807, 2.05) is 42.7 Å². The first kappa shape index (κ1) is 13.9. The third kappa shape index (κ3) is 3.29. The van der Waals surface area contributed by atoms with Gasteiger partial charge >= 0.3 is 0 Å². The summed E-state index contributed by atoms with van der Waals surface area (Å²) in [4.78, 5) is 1.22. The maximum absolute atomic E-state index is 8.79. The monoisotopic (exact) mass is 276 g/mol. The fourth-order valence-corrected chi connectivity index (χ4v) is 2.26. The zero-order valence-corrected chi connectivity index (χ0v) is 11.8. The third-order valence-corrected chi connectivity index (χ3v) is 3.61. The predicted octanol–water partition coefficient (Wildman–Crippen LogP) is 4.51. The highest BCUT2D eigenvalue weighted by Crippen LogP contribution is 2.24. The Kier molecular flexibility index (Phi) is 4.60. The summed E-state index contributed by atoms with van der Waals surface area (Å²) in [5.74, 6) is 0. The molecule has 2 nitrogen and oxygen atoms in total. The minimum absolute atomic E-state index is 0.111. The molecule has 0 fully saturated rings. The lowest BCUT2D eigenvalue weighted by Crippen LogP contribution is -1.81. The molecule has 0 spiro atoms. The number of benzene rings is 2. The quantitative estimate of drug-likeness (QED) is 0.612. The molecule has 2 aromatic rings. The minimum Gasteiger partial charge on any atom is -0.192 e. The molecule has 0 N–H and O–H groups in total. The average Bonchev–Trinajstić information content (AvgIpc) is 2.53. The Labute approximate surface area is 123 Å². The fourth-order valence-electron chi connectivity index (χ4n) is 1.85. The second kappa shape index (κ2) is 6.61. The maximum Gasteiger partial charge on any atom is 0.130 e. The molecule has 0 aliphatic carbocycles. The van der Waals surface area contributed by atoms with E-state index in [9.17, 15) is 0 Å². The van der Waals surface area contributed by atoms with Crippen molar-refractivity contribution in [2.24, 2.45) is 0 Å². The van der Waals surface area contributed by atoms with Crippen LogP contribution in [0.5, 0.6) is 0 Å². The molecule has 0 aromatic heterocycles. The predicted molar refractivity (Wildman–Crippen MR) is 82.9 cm³/mol. The molecule has 0 amide bonds. The van der Waals surface area contributed by atoms with Crippen LogP contribution in [0.1, 0.15) is 5.56 Å². The number of allylic oxidation sites excluding steroid dienone is 1. The van der Waals surface area contributed by atoms with Crippen molar-refractivity contribution in [3.63, 3.8) is 0 Å². The molecule has 0 unspecified atom stereocenters. The molecular weight excluding hydrogens is 264 g/mol. The van der Waals surface area contributed by atoms with Gasteiger partial charge in [0.15, 0.2) is 0 Å². The van der Waals surface area contributed by atoms with E-state index in [1.165, 1.54) is 4.90 Å². The lowest BCUT2D eigenvalue weighted by atomic mass is 10.0. The van der Waals surface area contributed by atoms with Crippen LogP contribution >= 0.6 is 11.8 Å². The van der Waals surface area contributed by atoms with E-state index in [1.54, 1.807) is 17.8 Å². The van der Waals surface area contributed by atoms with Crippen LogP contribution in [0.2, 0.25) is 0 Å². The first-order valence-electron chi connectivity index (χ1n) is 6.03. The van der Waals surface area contributed by atoms with Gasteiger partial charge in [-0.3, -0.25) is 0 Å². The molecule has 2 aromatic carbocycles. The summed E-state index contributed by atoms with van der Waals surface area (Å²) in [6.07, 6.45) is 3.64. The van der Waals surface area contributed by atoms with Crippen molar-refractivity contribution in [2.75, 3.05) is 6.26 Å². The van der Waals surface area contributed by atoms with Gasteiger partial charge in [-0.1, -0.05) is 30.3 Å². The largest absolute Gasteiger partial charge is 0.192 e. The molecule has 0 atom stereocenters. The average molecular weight is 276 g/mol. The summed E-state index contributed by atoms with van der Waals surface area (Å²) >= 11 is 1.71. The van der Waals surface area contributed by atoms with Crippen LogP contribution in [0.4, 0.5) is 0 Å². The molecule has 96 valence electrons. The Bertz CT molecular complexity index is 700. The number of hydrogen-bond acceptors (Lipinski definition) is 3. The normalized spacial score (nSPS) is 9.35. The van der Waals surface area contributed by atoms with E-state index in [2.05, 4.69) is 24.3 Å². The van der Waals surface area contributed by atoms with E-state index in [0.29, 0.717) is 0 Å². The highest BCUT2D eigenvalue weighted by molar-refractivity contribution is 7.98. The van der Waals surface area contributed by atoms with Crippen molar-refractivity contribution in [3.8, 4) is 23.3 Å². The van der Waals surface area contributed by atoms with Gasteiger partial charge in [-0.2, -0.15) is 10.5 Å². The number of hydrogen-bond donors (Lipinski definition) is 0.